The number of anilines is 1. The monoisotopic (exact) mass is 336 g/mol. The summed E-state index contributed by atoms with van der Waals surface area (Å²) in [5, 5.41) is 5.90. The molecule has 2 N–H and O–H groups in total. The normalized spacial score (nSPS) is 18.5. The Morgan fingerprint density at radius 1 is 1.00 bits per heavy atom. The maximum atomic E-state index is 12.4. The predicted molar refractivity (Wildman–Crippen MR) is 99.1 cm³/mol. The maximum absolute atomic E-state index is 12.4. The Hall–Kier alpha value is -2.62. The van der Waals surface area contributed by atoms with Crippen LogP contribution in [-0.2, 0) is 22.6 Å². The average molecular weight is 336 g/mol. The largest absolute Gasteiger partial charge is 0.352 e. The quantitative estimate of drug-likeness (QED) is 0.849. The van der Waals surface area contributed by atoms with Crippen molar-refractivity contribution in [2.75, 3.05) is 5.32 Å². The van der Waals surface area contributed by atoms with Gasteiger partial charge in [-0.2, -0.15) is 0 Å². The van der Waals surface area contributed by atoms with Gasteiger partial charge in [0.15, 0.2) is 0 Å². The van der Waals surface area contributed by atoms with Crippen LogP contribution in [0, 0.1) is 18.8 Å². The van der Waals surface area contributed by atoms with E-state index in [2.05, 4.69) is 17.6 Å². The molecule has 25 heavy (non-hydrogen) atoms. The van der Waals surface area contributed by atoms with Crippen LogP contribution in [-0.4, -0.2) is 11.8 Å². The van der Waals surface area contributed by atoms with Crippen molar-refractivity contribution in [3.05, 3.63) is 65.2 Å². The minimum absolute atomic E-state index is 0.0375. The number of para-hydroxylation sites is 1. The third-order valence-electron chi connectivity index (χ3n) is 4.71. The van der Waals surface area contributed by atoms with Crippen LogP contribution < -0.4 is 10.6 Å². The summed E-state index contributed by atoms with van der Waals surface area (Å²) in [4.78, 5) is 24.6. The molecule has 0 radical (unpaired) electrons. The minimum atomic E-state index is -0.220. The van der Waals surface area contributed by atoms with E-state index in [4.69, 9.17) is 0 Å². The summed E-state index contributed by atoms with van der Waals surface area (Å²) in [6.07, 6.45) is 1.49. The highest BCUT2D eigenvalue weighted by molar-refractivity contribution is 5.99. The Morgan fingerprint density at radius 2 is 1.68 bits per heavy atom. The summed E-state index contributed by atoms with van der Waals surface area (Å²) in [6.45, 7) is 4.60. The Balaban J connectivity index is 1.50. The number of amides is 2. The molecule has 4 heteroatoms. The van der Waals surface area contributed by atoms with Crippen LogP contribution in [0.1, 0.15) is 30.0 Å². The number of hydrogen-bond acceptors (Lipinski definition) is 2. The number of carbonyl (C=O) groups excluding carboxylic acids is 2. The van der Waals surface area contributed by atoms with Gasteiger partial charge in [0.1, 0.15) is 0 Å². The van der Waals surface area contributed by atoms with Gasteiger partial charge in [0, 0.05) is 12.2 Å². The zero-order valence-electron chi connectivity index (χ0n) is 14.7. The van der Waals surface area contributed by atoms with Gasteiger partial charge in [-0.25, -0.2) is 0 Å². The van der Waals surface area contributed by atoms with Gasteiger partial charge in [0.25, 0.3) is 0 Å². The molecule has 3 rings (SSSR count). The van der Waals surface area contributed by atoms with Crippen LogP contribution in [0.3, 0.4) is 0 Å². The Morgan fingerprint density at radius 3 is 2.40 bits per heavy atom. The second kappa shape index (κ2) is 7.51. The van der Waals surface area contributed by atoms with E-state index < -0.39 is 0 Å². The van der Waals surface area contributed by atoms with Crippen LogP contribution >= 0.6 is 0 Å². The number of aryl methyl sites for hydroxylation is 2. The average Bonchev–Trinajstić information content (AvgIpc) is 3.42. The number of rotatable bonds is 6. The molecule has 0 heterocycles. The van der Waals surface area contributed by atoms with E-state index in [9.17, 15) is 9.59 Å². The summed E-state index contributed by atoms with van der Waals surface area (Å²) in [6, 6.07) is 15.9. The van der Waals surface area contributed by atoms with E-state index in [1.54, 1.807) is 0 Å². The topological polar surface area (TPSA) is 58.2 Å². The smallest absolute Gasteiger partial charge is 0.228 e. The van der Waals surface area contributed by atoms with Crippen molar-refractivity contribution >= 4 is 17.5 Å². The summed E-state index contributed by atoms with van der Waals surface area (Å²) in [5.74, 6) is -0.525. The van der Waals surface area contributed by atoms with Crippen LogP contribution in [0.5, 0.6) is 0 Å². The fourth-order valence-electron chi connectivity index (χ4n) is 2.98. The first-order valence-corrected chi connectivity index (χ1v) is 8.80. The van der Waals surface area contributed by atoms with Crippen LogP contribution in [0.25, 0.3) is 0 Å². The second-order valence-electron chi connectivity index (χ2n) is 6.65. The first-order valence-electron chi connectivity index (χ1n) is 8.80. The summed E-state index contributed by atoms with van der Waals surface area (Å²) < 4.78 is 0. The van der Waals surface area contributed by atoms with Crippen molar-refractivity contribution in [2.45, 2.75) is 33.2 Å². The number of carbonyl (C=O) groups is 2. The van der Waals surface area contributed by atoms with E-state index in [1.807, 2.05) is 55.5 Å². The highest BCUT2D eigenvalue weighted by Gasteiger charge is 2.47. The molecule has 0 aromatic heterocycles. The van der Waals surface area contributed by atoms with Gasteiger partial charge in [-0.3, -0.25) is 9.59 Å². The highest BCUT2D eigenvalue weighted by atomic mass is 16.2. The van der Waals surface area contributed by atoms with E-state index in [-0.39, 0.29) is 23.7 Å². The number of hydrogen-bond donors (Lipinski definition) is 2. The van der Waals surface area contributed by atoms with Gasteiger partial charge in [0.2, 0.25) is 11.8 Å². The molecule has 1 aliphatic rings. The molecule has 0 bridgehead atoms. The summed E-state index contributed by atoms with van der Waals surface area (Å²) in [5.41, 5.74) is 4.22. The van der Waals surface area contributed by atoms with Gasteiger partial charge >= 0.3 is 0 Å². The molecular formula is C21H24N2O2. The zero-order valence-corrected chi connectivity index (χ0v) is 14.7. The molecule has 0 aliphatic heterocycles. The highest BCUT2D eigenvalue weighted by Crippen LogP contribution is 2.39. The molecule has 0 saturated heterocycles. The molecule has 2 unspecified atom stereocenters. The summed E-state index contributed by atoms with van der Waals surface area (Å²) >= 11 is 0. The molecule has 1 saturated carbocycles. The van der Waals surface area contributed by atoms with Crippen molar-refractivity contribution in [2.24, 2.45) is 11.8 Å². The molecular weight excluding hydrogens is 312 g/mol. The minimum Gasteiger partial charge on any atom is -0.352 e. The first kappa shape index (κ1) is 17.2. The maximum Gasteiger partial charge on any atom is 0.228 e. The van der Waals surface area contributed by atoms with Crippen molar-refractivity contribution in [1.82, 2.24) is 5.32 Å². The van der Waals surface area contributed by atoms with Crippen LogP contribution in [0.2, 0.25) is 0 Å². The number of benzene rings is 2. The lowest BCUT2D eigenvalue weighted by molar-refractivity contribution is -0.125. The molecule has 2 aromatic carbocycles. The lowest BCUT2D eigenvalue weighted by Crippen LogP contribution is -2.27. The van der Waals surface area contributed by atoms with Gasteiger partial charge < -0.3 is 10.6 Å². The van der Waals surface area contributed by atoms with E-state index >= 15 is 0 Å². The standard InChI is InChI=1S/C21H24N2O2/c1-3-16-6-4-5-7-19(16)23-21(25)18-12-17(18)20(24)22-13-15-10-8-14(2)9-11-15/h4-11,17-18H,3,12-13H2,1-2H3,(H,22,24)(H,23,25). The lowest BCUT2D eigenvalue weighted by Gasteiger charge is -2.09. The first-order chi connectivity index (χ1) is 12.1. The Bertz CT molecular complexity index is 768. The molecule has 2 aromatic rings. The fraction of sp³-hybridized carbons (Fsp3) is 0.333. The Labute approximate surface area is 148 Å². The molecule has 2 atom stereocenters. The SMILES string of the molecule is CCc1ccccc1NC(=O)C1CC1C(=O)NCc1ccc(C)cc1. The third kappa shape index (κ3) is 4.27. The molecule has 2 amide bonds. The van der Waals surface area contributed by atoms with E-state index in [0.29, 0.717) is 13.0 Å². The predicted octanol–water partition coefficient (Wildman–Crippen LogP) is 3.45. The molecule has 1 fully saturated rings. The number of nitrogens with one attached hydrogen (secondary N) is 2. The second-order valence-corrected chi connectivity index (χ2v) is 6.65. The van der Waals surface area contributed by atoms with Crippen molar-refractivity contribution < 1.29 is 9.59 Å². The van der Waals surface area contributed by atoms with E-state index in [0.717, 1.165) is 23.2 Å². The molecule has 4 nitrogen and oxygen atoms in total. The van der Waals surface area contributed by atoms with Crippen molar-refractivity contribution in [1.29, 1.82) is 0 Å². The Kier molecular flexibility index (Phi) is 5.17. The van der Waals surface area contributed by atoms with Gasteiger partial charge in [-0.05, 0) is 37.0 Å². The van der Waals surface area contributed by atoms with Gasteiger partial charge in [-0.15, -0.1) is 0 Å². The fourth-order valence-corrected chi connectivity index (χ4v) is 2.98. The molecule has 0 spiro atoms. The summed E-state index contributed by atoms with van der Waals surface area (Å²) in [7, 11) is 0. The van der Waals surface area contributed by atoms with Gasteiger partial charge in [0.05, 0.1) is 11.8 Å². The lowest BCUT2D eigenvalue weighted by atomic mass is 10.1. The van der Waals surface area contributed by atoms with E-state index in [1.165, 1.54) is 5.56 Å². The molecule has 130 valence electrons. The van der Waals surface area contributed by atoms with Crippen LogP contribution in [0.15, 0.2) is 48.5 Å². The van der Waals surface area contributed by atoms with Crippen molar-refractivity contribution in [3.8, 4) is 0 Å². The third-order valence-corrected chi connectivity index (χ3v) is 4.71. The molecule has 1 aliphatic carbocycles. The zero-order chi connectivity index (χ0) is 17.8. The van der Waals surface area contributed by atoms with Crippen LogP contribution in [0.4, 0.5) is 5.69 Å². The van der Waals surface area contributed by atoms with Gasteiger partial charge in [-0.1, -0.05) is 55.0 Å². The van der Waals surface area contributed by atoms with Crippen molar-refractivity contribution in [3.63, 3.8) is 0 Å².